The largest absolute Gasteiger partial charge is 0.407 e. The van der Waals surface area contributed by atoms with E-state index in [0.29, 0.717) is 0 Å². The standard InChI is InChI=1S/C9H10F3NO2S/c1-16(14,15)7-4-2-6(3-5-7)8(13)9(10,11)12/h2-5,8H,13H2,1H3/t8-/m0/s1. The van der Waals surface area contributed by atoms with Crippen molar-refractivity contribution >= 4 is 9.84 Å². The fourth-order valence-corrected chi connectivity index (χ4v) is 1.74. The predicted molar refractivity (Wildman–Crippen MR) is 52.5 cm³/mol. The Kier molecular flexibility index (Phi) is 3.30. The molecular formula is C9H10F3NO2S. The van der Waals surface area contributed by atoms with E-state index in [1.807, 2.05) is 0 Å². The van der Waals surface area contributed by atoms with Gasteiger partial charge in [-0.2, -0.15) is 13.2 Å². The highest BCUT2D eigenvalue weighted by atomic mass is 32.2. The van der Waals surface area contributed by atoms with Crippen LogP contribution in [0, 0.1) is 0 Å². The van der Waals surface area contributed by atoms with E-state index < -0.39 is 22.1 Å². The third kappa shape index (κ3) is 2.96. The van der Waals surface area contributed by atoms with Gasteiger partial charge in [0.1, 0.15) is 6.04 Å². The molecule has 0 unspecified atom stereocenters. The van der Waals surface area contributed by atoms with Gasteiger partial charge in [-0.3, -0.25) is 0 Å². The van der Waals surface area contributed by atoms with E-state index >= 15 is 0 Å². The van der Waals surface area contributed by atoms with E-state index in [1.165, 1.54) is 0 Å². The molecule has 0 aliphatic heterocycles. The molecule has 3 nitrogen and oxygen atoms in total. The van der Waals surface area contributed by atoms with Crippen LogP contribution in [0.1, 0.15) is 11.6 Å². The molecule has 7 heteroatoms. The van der Waals surface area contributed by atoms with E-state index in [9.17, 15) is 21.6 Å². The van der Waals surface area contributed by atoms with Crippen LogP contribution in [0.15, 0.2) is 29.2 Å². The molecule has 1 atom stereocenters. The summed E-state index contributed by atoms with van der Waals surface area (Å²) in [6.45, 7) is 0. The predicted octanol–water partition coefficient (Wildman–Crippen LogP) is 1.65. The Morgan fingerprint density at radius 3 is 1.94 bits per heavy atom. The van der Waals surface area contributed by atoms with Gasteiger partial charge in [0.15, 0.2) is 9.84 Å². The number of sulfone groups is 1. The second-order valence-electron chi connectivity index (χ2n) is 3.36. The van der Waals surface area contributed by atoms with Gasteiger partial charge < -0.3 is 5.73 Å². The first-order valence-electron chi connectivity index (χ1n) is 4.24. The molecule has 1 aromatic rings. The zero-order valence-corrected chi connectivity index (χ0v) is 9.14. The molecule has 0 aliphatic carbocycles. The van der Waals surface area contributed by atoms with E-state index in [1.54, 1.807) is 0 Å². The lowest BCUT2D eigenvalue weighted by Crippen LogP contribution is -2.28. The first-order chi connectivity index (χ1) is 7.12. The Labute approximate surface area is 91.0 Å². The first-order valence-corrected chi connectivity index (χ1v) is 6.14. The summed E-state index contributed by atoms with van der Waals surface area (Å²) in [6.07, 6.45) is -3.56. The summed E-state index contributed by atoms with van der Waals surface area (Å²) in [4.78, 5) is -0.0365. The van der Waals surface area contributed by atoms with Crippen molar-refractivity contribution in [1.29, 1.82) is 0 Å². The fourth-order valence-electron chi connectivity index (χ4n) is 1.11. The van der Waals surface area contributed by atoms with Crippen LogP contribution in [0.2, 0.25) is 0 Å². The lowest BCUT2D eigenvalue weighted by molar-refractivity contribution is -0.149. The molecule has 0 bridgehead atoms. The molecule has 1 rings (SSSR count). The maximum Gasteiger partial charge on any atom is 0.407 e. The summed E-state index contributed by atoms with van der Waals surface area (Å²) in [7, 11) is -3.40. The summed E-state index contributed by atoms with van der Waals surface area (Å²) in [6, 6.07) is 2.25. The van der Waals surface area contributed by atoms with Crippen molar-refractivity contribution in [3.63, 3.8) is 0 Å². The molecule has 0 aliphatic rings. The first kappa shape index (κ1) is 13.0. The van der Waals surface area contributed by atoms with Crippen molar-refractivity contribution in [2.24, 2.45) is 5.73 Å². The van der Waals surface area contributed by atoms with Crippen LogP contribution >= 0.6 is 0 Å². The Bertz CT molecular complexity index is 465. The van der Waals surface area contributed by atoms with Gasteiger partial charge in [-0.15, -0.1) is 0 Å². The molecule has 0 fully saturated rings. The highest BCUT2D eigenvalue weighted by Crippen LogP contribution is 2.30. The van der Waals surface area contributed by atoms with Gasteiger partial charge in [0.2, 0.25) is 0 Å². The van der Waals surface area contributed by atoms with Crippen LogP contribution in [-0.2, 0) is 9.84 Å². The average Bonchev–Trinajstić information content (AvgIpc) is 2.14. The van der Waals surface area contributed by atoms with Crippen LogP contribution in [0.25, 0.3) is 0 Å². The summed E-state index contributed by atoms with van der Waals surface area (Å²) < 4.78 is 58.8. The molecule has 0 spiro atoms. The average molecular weight is 253 g/mol. The van der Waals surface area contributed by atoms with Crippen molar-refractivity contribution < 1.29 is 21.6 Å². The second-order valence-corrected chi connectivity index (χ2v) is 5.38. The number of hydrogen-bond donors (Lipinski definition) is 1. The molecule has 0 saturated heterocycles. The van der Waals surface area contributed by atoms with E-state index in [0.717, 1.165) is 30.5 Å². The summed E-state index contributed by atoms with van der Waals surface area (Å²) in [5.74, 6) is 0. The van der Waals surface area contributed by atoms with Crippen LogP contribution < -0.4 is 5.73 Å². The van der Waals surface area contributed by atoms with Crippen LogP contribution in [0.5, 0.6) is 0 Å². The lowest BCUT2D eigenvalue weighted by atomic mass is 10.1. The van der Waals surface area contributed by atoms with E-state index in [4.69, 9.17) is 5.73 Å². The molecule has 0 radical (unpaired) electrons. The van der Waals surface area contributed by atoms with Gasteiger partial charge in [0.25, 0.3) is 0 Å². The number of rotatable bonds is 2. The maximum atomic E-state index is 12.2. The number of nitrogens with two attached hydrogens (primary N) is 1. The number of hydrogen-bond acceptors (Lipinski definition) is 3. The van der Waals surface area contributed by atoms with Crippen LogP contribution in [-0.4, -0.2) is 20.8 Å². The molecule has 0 aromatic heterocycles. The zero-order chi connectivity index (χ0) is 12.6. The van der Waals surface area contributed by atoms with Gasteiger partial charge in [0.05, 0.1) is 4.90 Å². The second kappa shape index (κ2) is 4.06. The number of alkyl halides is 3. The fraction of sp³-hybridized carbons (Fsp3) is 0.333. The minimum Gasteiger partial charge on any atom is -0.316 e. The minimum absolute atomic E-state index is 0.0365. The highest BCUT2D eigenvalue weighted by Gasteiger charge is 2.37. The summed E-state index contributed by atoms with van der Waals surface area (Å²) in [5.41, 5.74) is 4.79. The van der Waals surface area contributed by atoms with Gasteiger partial charge in [-0.1, -0.05) is 12.1 Å². The van der Waals surface area contributed by atoms with Crippen molar-refractivity contribution in [3.8, 4) is 0 Å². The quantitative estimate of drug-likeness (QED) is 0.871. The van der Waals surface area contributed by atoms with E-state index in [-0.39, 0.29) is 10.5 Å². The normalized spacial score (nSPS) is 14.8. The van der Waals surface area contributed by atoms with Crippen molar-refractivity contribution in [2.45, 2.75) is 17.1 Å². The third-order valence-corrected chi connectivity index (χ3v) is 3.15. The van der Waals surface area contributed by atoms with Crippen molar-refractivity contribution in [1.82, 2.24) is 0 Å². The minimum atomic E-state index is -4.54. The summed E-state index contributed by atoms with van der Waals surface area (Å²) >= 11 is 0. The molecule has 0 amide bonds. The van der Waals surface area contributed by atoms with Crippen molar-refractivity contribution in [3.05, 3.63) is 29.8 Å². The lowest BCUT2D eigenvalue weighted by Gasteiger charge is -2.15. The zero-order valence-electron chi connectivity index (χ0n) is 8.32. The van der Waals surface area contributed by atoms with Gasteiger partial charge in [-0.25, -0.2) is 8.42 Å². The van der Waals surface area contributed by atoms with Gasteiger partial charge in [-0.05, 0) is 17.7 Å². The summed E-state index contributed by atoms with van der Waals surface area (Å²) in [5, 5.41) is 0. The molecule has 0 heterocycles. The monoisotopic (exact) mass is 253 g/mol. The van der Waals surface area contributed by atoms with Crippen molar-refractivity contribution in [2.75, 3.05) is 6.26 Å². The number of benzene rings is 1. The number of halogens is 3. The SMILES string of the molecule is CS(=O)(=O)c1ccc([C@H](N)C(F)(F)F)cc1. The van der Waals surface area contributed by atoms with Crippen LogP contribution in [0.3, 0.4) is 0 Å². The maximum absolute atomic E-state index is 12.2. The molecule has 2 N–H and O–H groups in total. The molecule has 1 aromatic carbocycles. The topological polar surface area (TPSA) is 60.2 Å². The van der Waals surface area contributed by atoms with Gasteiger partial charge >= 0.3 is 6.18 Å². The van der Waals surface area contributed by atoms with E-state index in [2.05, 4.69) is 0 Å². The molecule has 16 heavy (non-hydrogen) atoms. The Hall–Kier alpha value is -1.08. The molecule has 90 valence electrons. The Morgan fingerprint density at radius 2 is 1.62 bits per heavy atom. The Morgan fingerprint density at radius 1 is 1.19 bits per heavy atom. The smallest absolute Gasteiger partial charge is 0.316 e. The molecular weight excluding hydrogens is 243 g/mol. The molecule has 0 saturated carbocycles. The highest BCUT2D eigenvalue weighted by molar-refractivity contribution is 7.90. The Balaban J connectivity index is 3.05. The third-order valence-electron chi connectivity index (χ3n) is 2.02. The van der Waals surface area contributed by atoms with Crippen LogP contribution in [0.4, 0.5) is 13.2 Å². The van der Waals surface area contributed by atoms with Gasteiger partial charge in [0, 0.05) is 6.26 Å².